The number of nitro benzene ring substituents is 1. The predicted molar refractivity (Wildman–Crippen MR) is 79.0 cm³/mol. The van der Waals surface area contributed by atoms with Gasteiger partial charge >= 0.3 is 0 Å². The van der Waals surface area contributed by atoms with Crippen LogP contribution in [-0.2, 0) is 4.79 Å². The zero-order valence-electron chi connectivity index (χ0n) is 11.6. The molecule has 110 valence electrons. The first-order valence-corrected chi connectivity index (χ1v) is 6.67. The molecule has 0 aromatic heterocycles. The van der Waals surface area contributed by atoms with Crippen molar-refractivity contribution in [2.24, 2.45) is 5.92 Å². The van der Waals surface area contributed by atoms with E-state index in [0.29, 0.717) is 18.2 Å². The molecule has 1 atom stereocenters. The number of hydrogen-bond acceptors (Lipinski definition) is 4. The lowest BCUT2D eigenvalue weighted by Gasteiger charge is -2.17. The molecule has 0 heterocycles. The second-order valence-electron chi connectivity index (χ2n) is 4.93. The molecule has 0 saturated carbocycles. The van der Waals surface area contributed by atoms with Gasteiger partial charge in [-0.25, -0.2) is 0 Å². The lowest BCUT2D eigenvalue weighted by Crippen LogP contribution is -2.39. The van der Waals surface area contributed by atoms with Crippen molar-refractivity contribution in [1.29, 1.82) is 0 Å². The summed E-state index contributed by atoms with van der Waals surface area (Å²) < 4.78 is 0. The fourth-order valence-corrected chi connectivity index (χ4v) is 1.72. The number of rotatable bonds is 6. The third-order valence-corrected chi connectivity index (χ3v) is 2.93. The van der Waals surface area contributed by atoms with Crippen LogP contribution in [0.4, 0.5) is 11.4 Å². The Hall–Kier alpha value is -1.82. The van der Waals surface area contributed by atoms with Crippen LogP contribution in [0.3, 0.4) is 0 Å². The summed E-state index contributed by atoms with van der Waals surface area (Å²) in [5.74, 6) is 0.224. The van der Waals surface area contributed by atoms with Gasteiger partial charge in [0.05, 0.1) is 15.6 Å². The highest BCUT2D eigenvalue weighted by molar-refractivity contribution is 6.33. The van der Waals surface area contributed by atoms with Crippen LogP contribution in [-0.4, -0.2) is 23.4 Å². The zero-order valence-corrected chi connectivity index (χ0v) is 12.4. The number of anilines is 1. The summed E-state index contributed by atoms with van der Waals surface area (Å²) >= 11 is 5.95. The van der Waals surface area contributed by atoms with Crippen LogP contribution in [0.2, 0.25) is 5.02 Å². The number of non-ortho nitro benzene ring substituents is 1. The van der Waals surface area contributed by atoms with Gasteiger partial charge in [-0.1, -0.05) is 25.4 Å². The van der Waals surface area contributed by atoms with E-state index in [4.69, 9.17) is 11.6 Å². The molecule has 2 N–H and O–H groups in total. The largest absolute Gasteiger partial charge is 0.373 e. The molecule has 0 spiro atoms. The Morgan fingerprint density at radius 1 is 1.40 bits per heavy atom. The average molecular weight is 300 g/mol. The minimum atomic E-state index is -0.519. The molecule has 1 amide bonds. The van der Waals surface area contributed by atoms with Crippen LogP contribution in [0.15, 0.2) is 18.2 Å². The third kappa shape index (κ3) is 4.70. The number of halogens is 1. The van der Waals surface area contributed by atoms with Crippen LogP contribution in [0.1, 0.15) is 20.8 Å². The molecular formula is C13H18ClN3O3. The topological polar surface area (TPSA) is 84.3 Å². The summed E-state index contributed by atoms with van der Waals surface area (Å²) in [5.41, 5.74) is 0.405. The fourth-order valence-electron chi connectivity index (χ4n) is 1.49. The molecule has 0 fully saturated rings. The van der Waals surface area contributed by atoms with Gasteiger partial charge in [0.15, 0.2) is 0 Å². The van der Waals surface area contributed by atoms with Crippen LogP contribution < -0.4 is 10.6 Å². The van der Waals surface area contributed by atoms with E-state index in [1.807, 2.05) is 13.8 Å². The van der Waals surface area contributed by atoms with Crippen molar-refractivity contribution >= 4 is 28.9 Å². The van der Waals surface area contributed by atoms with Crippen LogP contribution in [0, 0.1) is 16.0 Å². The van der Waals surface area contributed by atoms with Crippen molar-refractivity contribution in [1.82, 2.24) is 5.32 Å². The maximum Gasteiger partial charge on any atom is 0.271 e. The average Bonchev–Trinajstić information content (AvgIpc) is 2.37. The monoisotopic (exact) mass is 299 g/mol. The van der Waals surface area contributed by atoms with Crippen molar-refractivity contribution in [3.05, 3.63) is 33.3 Å². The maximum absolute atomic E-state index is 11.8. The molecule has 0 saturated heterocycles. The van der Waals surface area contributed by atoms with Gasteiger partial charge in [-0.05, 0) is 18.9 Å². The molecule has 1 rings (SSSR count). The van der Waals surface area contributed by atoms with Crippen molar-refractivity contribution < 1.29 is 9.72 Å². The highest BCUT2D eigenvalue weighted by atomic mass is 35.5. The van der Waals surface area contributed by atoms with Crippen molar-refractivity contribution in [2.75, 3.05) is 11.9 Å². The second kappa shape index (κ2) is 7.09. The highest BCUT2D eigenvalue weighted by Crippen LogP contribution is 2.27. The van der Waals surface area contributed by atoms with E-state index in [2.05, 4.69) is 10.6 Å². The van der Waals surface area contributed by atoms with E-state index >= 15 is 0 Å². The van der Waals surface area contributed by atoms with Crippen molar-refractivity contribution in [2.45, 2.75) is 26.8 Å². The van der Waals surface area contributed by atoms with Gasteiger partial charge in [0.1, 0.15) is 6.04 Å². The summed E-state index contributed by atoms with van der Waals surface area (Å²) in [5, 5.41) is 16.5. The Morgan fingerprint density at radius 2 is 2.05 bits per heavy atom. The molecule has 0 bridgehead atoms. The molecule has 0 aliphatic rings. The molecule has 1 aromatic rings. The first-order valence-electron chi connectivity index (χ1n) is 6.29. The molecule has 20 heavy (non-hydrogen) atoms. The highest BCUT2D eigenvalue weighted by Gasteiger charge is 2.15. The van der Waals surface area contributed by atoms with Gasteiger partial charge in [0.25, 0.3) is 5.69 Å². The minimum absolute atomic E-state index is 0.0857. The van der Waals surface area contributed by atoms with Gasteiger partial charge in [-0.3, -0.25) is 14.9 Å². The molecule has 1 aromatic carbocycles. The van der Waals surface area contributed by atoms with E-state index in [1.54, 1.807) is 6.92 Å². The number of nitrogens with zero attached hydrogens (tertiary/aromatic N) is 1. The third-order valence-electron chi connectivity index (χ3n) is 2.61. The first kappa shape index (κ1) is 16.2. The molecule has 6 nitrogen and oxygen atoms in total. The molecule has 0 aliphatic heterocycles. The Bertz CT molecular complexity index is 506. The Labute approximate surface area is 122 Å². The van der Waals surface area contributed by atoms with Crippen LogP contribution in [0.25, 0.3) is 0 Å². The van der Waals surface area contributed by atoms with Gasteiger partial charge in [-0.15, -0.1) is 0 Å². The number of carbonyl (C=O) groups is 1. The van der Waals surface area contributed by atoms with Gasteiger partial charge < -0.3 is 10.6 Å². The fraction of sp³-hybridized carbons (Fsp3) is 0.462. The maximum atomic E-state index is 11.8. The minimum Gasteiger partial charge on any atom is -0.373 e. The van der Waals surface area contributed by atoms with Crippen LogP contribution in [0.5, 0.6) is 0 Å². The number of benzene rings is 1. The van der Waals surface area contributed by atoms with Crippen molar-refractivity contribution in [3.63, 3.8) is 0 Å². The van der Waals surface area contributed by atoms with Crippen molar-refractivity contribution in [3.8, 4) is 0 Å². The second-order valence-corrected chi connectivity index (χ2v) is 5.33. The standard InChI is InChI=1S/C13H18ClN3O3/c1-8(2)7-15-13(18)9(3)16-12-5-4-10(17(19)20)6-11(12)14/h4-6,8-9,16H,7H2,1-3H3,(H,15,18). The van der Waals surface area contributed by atoms with Gasteiger partial charge in [0, 0.05) is 18.7 Å². The summed E-state index contributed by atoms with van der Waals surface area (Å²) in [7, 11) is 0. The van der Waals surface area contributed by atoms with Gasteiger partial charge in [0.2, 0.25) is 5.91 Å². The lowest BCUT2D eigenvalue weighted by atomic mass is 10.2. The lowest BCUT2D eigenvalue weighted by molar-refractivity contribution is -0.384. The van der Waals surface area contributed by atoms with Gasteiger partial charge in [-0.2, -0.15) is 0 Å². The zero-order chi connectivity index (χ0) is 15.3. The van der Waals surface area contributed by atoms with E-state index in [0.717, 1.165) is 0 Å². The molecule has 1 unspecified atom stereocenters. The smallest absolute Gasteiger partial charge is 0.271 e. The number of nitrogens with one attached hydrogen (secondary N) is 2. The van der Waals surface area contributed by atoms with E-state index < -0.39 is 11.0 Å². The quantitative estimate of drug-likeness (QED) is 0.625. The summed E-state index contributed by atoms with van der Waals surface area (Å²) in [6, 6.07) is 3.61. The molecule has 7 heteroatoms. The van der Waals surface area contributed by atoms with Crippen LogP contribution >= 0.6 is 11.6 Å². The molecule has 0 radical (unpaired) electrons. The molecule has 0 aliphatic carbocycles. The Balaban J connectivity index is 2.68. The summed E-state index contributed by atoms with van der Waals surface area (Å²) in [6.45, 7) is 6.31. The molecular weight excluding hydrogens is 282 g/mol. The number of nitro groups is 1. The Morgan fingerprint density at radius 3 is 2.55 bits per heavy atom. The van der Waals surface area contributed by atoms with E-state index in [1.165, 1.54) is 18.2 Å². The normalized spacial score (nSPS) is 12.1. The van der Waals surface area contributed by atoms with E-state index in [-0.39, 0.29) is 16.6 Å². The number of hydrogen-bond donors (Lipinski definition) is 2. The first-order chi connectivity index (χ1) is 9.31. The predicted octanol–water partition coefficient (Wildman–Crippen LogP) is 2.82. The number of amides is 1. The number of carbonyl (C=O) groups excluding carboxylic acids is 1. The SMILES string of the molecule is CC(C)CNC(=O)C(C)Nc1ccc([N+](=O)[O-])cc1Cl. The summed E-state index contributed by atoms with van der Waals surface area (Å²) in [4.78, 5) is 21.9. The summed E-state index contributed by atoms with van der Waals surface area (Å²) in [6.07, 6.45) is 0. The van der Waals surface area contributed by atoms with E-state index in [9.17, 15) is 14.9 Å². The Kier molecular flexibility index (Phi) is 5.76.